The number of rotatable bonds is 6. The molecule has 1 aliphatic carbocycles. The summed E-state index contributed by atoms with van der Waals surface area (Å²) in [5, 5.41) is 0. The van der Waals surface area contributed by atoms with Gasteiger partial charge in [-0.25, -0.2) is 17.5 Å². The number of nitrogens with zero attached hydrogens (tertiary/aromatic N) is 1. The summed E-state index contributed by atoms with van der Waals surface area (Å²) in [6.45, 7) is 1.90. The van der Waals surface area contributed by atoms with E-state index in [-0.39, 0.29) is 30.2 Å². The molecule has 1 atom stereocenters. The molecule has 0 aliphatic heterocycles. The molecular weight excluding hydrogens is 330 g/mol. The van der Waals surface area contributed by atoms with Crippen LogP contribution in [0.5, 0.6) is 0 Å². The van der Waals surface area contributed by atoms with E-state index in [0.717, 1.165) is 23.4 Å². The molecule has 1 aromatic rings. The van der Waals surface area contributed by atoms with Crippen LogP contribution in [0, 0.1) is 5.92 Å². The zero-order valence-corrected chi connectivity index (χ0v) is 14.6. The molecule has 0 spiro atoms. The lowest BCUT2D eigenvalue weighted by atomic mass is 10.0. The monoisotopic (exact) mass is 351 g/mol. The first-order chi connectivity index (χ1) is 11.3. The van der Waals surface area contributed by atoms with Crippen LogP contribution in [0.3, 0.4) is 0 Å². The van der Waals surface area contributed by atoms with Crippen LogP contribution in [-0.4, -0.2) is 33.2 Å². The normalized spacial score (nSPS) is 16.8. The molecule has 7 heteroatoms. The summed E-state index contributed by atoms with van der Waals surface area (Å²) in [4.78, 5) is 24.4. The predicted molar refractivity (Wildman–Crippen MR) is 91.2 cm³/mol. The molecule has 0 heterocycles. The van der Waals surface area contributed by atoms with Crippen LogP contribution in [0.2, 0.25) is 0 Å². The maximum absolute atomic E-state index is 12.5. The van der Waals surface area contributed by atoms with Gasteiger partial charge in [0.2, 0.25) is 15.9 Å². The molecule has 0 saturated carbocycles. The van der Waals surface area contributed by atoms with Crippen LogP contribution in [0.4, 0.5) is 5.69 Å². The average Bonchev–Trinajstić information content (AvgIpc) is 2.99. The van der Waals surface area contributed by atoms with Gasteiger partial charge < -0.3 is 4.74 Å². The third kappa shape index (κ3) is 4.44. The van der Waals surface area contributed by atoms with Gasteiger partial charge in [0.05, 0.1) is 24.1 Å². The Balaban J connectivity index is 2.31. The van der Waals surface area contributed by atoms with Gasteiger partial charge in [-0.3, -0.25) is 4.79 Å². The highest BCUT2D eigenvalue weighted by molar-refractivity contribution is 7.92. The van der Waals surface area contributed by atoms with Gasteiger partial charge in [0.1, 0.15) is 0 Å². The summed E-state index contributed by atoms with van der Waals surface area (Å²) in [7, 11) is -3.81. The SMILES string of the molecule is CCOC(=O)c1cccc(N(C(=O)CC2C=CCC2)S(C)(=O)=O)c1. The van der Waals surface area contributed by atoms with Crippen LogP contribution < -0.4 is 4.31 Å². The van der Waals surface area contributed by atoms with E-state index in [0.29, 0.717) is 0 Å². The third-order valence-corrected chi connectivity index (χ3v) is 4.78. The van der Waals surface area contributed by atoms with Gasteiger partial charge in [-0.05, 0) is 43.9 Å². The van der Waals surface area contributed by atoms with E-state index >= 15 is 0 Å². The Hall–Kier alpha value is -2.15. The van der Waals surface area contributed by atoms with Crippen molar-refractivity contribution in [3.63, 3.8) is 0 Å². The highest BCUT2D eigenvalue weighted by Crippen LogP contribution is 2.25. The molecule has 2 rings (SSSR count). The summed E-state index contributed by atoms with van der Waals surface area (Å²) in [6.07, 6.45) is 6.76. The molecule has 0 N–H and O–H groups in total. The number of carbonyl (C=O) groups excluding carboxylic acids is 2. The second-order valence-corrected chi connectivity index (χ2v) is 7.49. The molecule has 0 fully saturated rings. The number of anilines is 1. The molecule has 1 unspecified atom stereocenters. The molecule has 24 heavy (non-hydrogen) atoms. The van der Waals surface area contributed by atoms with Crippen molar-refractivity contribution in [1.29, 1.82) is 0 Å². The summed E-state index contributed by atoms with van der Waals surface area (Å²) >= 11 is 0. The van der Waals surface area contributed by atoms with E-state index in [1.165, 1.54) is 24.3 Å². The topological polar surface area (TPSA) is 80.8 Å². The Morgan fingerprint density at radius 1 is 1.33 bits per heavy atom. The Bertz CT molecular complexity index is 754. The van der Waals surface area contributed by atoms with E-state index in [1.54, 1.807) is 6.92 Å². The van der Waals surface area contributed by atoms with Crippen LogP contribution in [0.1, 0.15) is 36.5 Å². The number of amides is 1. The van der Waals surface area contributed by atoms with Crippen molar-refractivity contribution in [2.75, 3.05) is 17.2 Å². The Labute approximate surface area is 142 Å². The number of carbonyl (C=O) groups is 2. The number of sulfonamides is 1. The lowest BCUT2D eigenvalue weighted by molar-refractivity contribution is -0.118. The minimum atomic E-state index is -3.81. The zero-order chi connectivity index (χ0) is 17.7. The fourth-order valence-corrected chi connectivity index (χ4v) is 3.61. The lowest BCUT2D eigenvalue weighted by Gasteiger charge is -2.22. The van der Waals surface area contributed by atoms with Gasteiger partial charge >= 0.3 is 5.97 Å². The summed E-state index contributed by atoms with van der Waals surface area (Å²) in [6, 6.07) is 5.91. The fraction of sp³-hybridized carbons (Fsp3) is 0.412. The van der Waals surface area contributed by atoms with Gasteiger partial charge in [-0.1, -0.05) is 18.2 Å². The van der Waals surface area contributed by atoms with Gasteiger partial charge in [0, 0.05) is 6.42 Å². The first-order valence-electron chi connectivity index (χ1n) is 7.80. The standard InChI is InChI=1S/C17H21NO5S/c1-3-23-17(20)14-9-6-10-15(12-14)18(24(2,21)22)16(19)11-13-7-4-5-8-13/h4,6-7,9-10,12-13H,3,5,8,11H2,1-2H3. The maximum atomic E-state index is 12.5. The van der Waals surface area contributed by atoms with E-state index < -0.39 is 21.9 Å². The summed E-state index contributed by atoms with van der Waals surface area (Å²) < 4.78 is 29.9. The maximum Gasteiger partial charge on any atom is 0.338 e. The fourth-order valence-electron chi connectivity index (χ4n) is 2.67. The number of hydrogen-bond donors (Lipinski definition) is 0. The number of benzene rings is 1. The molecule has 6 nitrogen and oxygen atoms in total. The molecular formula is C17H21NO5S. The van der Waals surface area contributed by atoms with Crippen LogP contribution >= 0.6 is 0 Å². The highest BCUT2D eigenvalue weighted by Gasteiger charge is 2.28. The number of allylic oxidation sites excluding steroid dienone is 2. The summed E-state index contributed by atoms with van der Waals surface area (Å²) in [5.74, 6) is -1.01. The van der Waals surface area contributed by atoms with E-state index in [2.05, 4.69) is 0 Å². The molecule has 0 saturated heterocycles. The van der Waals surface area contributed by atoms with Gasteiger partial charge in [0.15, 0.2) is 0 Å². The van der Waals surface area contributed by atoms with Crippen molar-refractivity contribution in [2.45, 2.75) is 26.2 Å². The first kappa shape index (κ1) is 18.2. The largest absolute Gasteiger partial charge is 0.462 e. The van der Waals surface area contributed by atoms with Gasteiger partial charge in [-0.15, -0.1) is 0 Å². The molecule has 0 radical (unpaired) electrons. The average molecular weight is 351 g/mol. The summed E-state index contributed by atoms with van der Waals surface area (Å²) in [5.41, 5.74) is 0.353. The third-order valence-electron chi connectivity index (χ3n) is 3.70. The minimum absolute atomic E-state index is 0.0509. The van der Waals surface area contributed by atoms with Crippen molar-refractivity contribution in [3.8, 4) is 0 Å². The van der Waals surface area contributed by atoms with Crippen molar-refractivity contribution in [2.24, 2.45) is 5.92 Å². The highest BCUT2D eigenvalue weighted by atomic mass is 32.2. The van der Waals surface area contributed by atoms with Crippen LogP contribution in [0.25, 0.3) is 0 Å². The number of hydrogen-bond acceptors (Lipinski definition) is 5. The second-order valence-electron chi connectivity index (χ2n) is 5.66. The smallest absolute Gasteiger partial charge is 0.338 e. The van der Waals surface area contributed by atoms with Crippen molar-refractivity contribution in [3.05, 3.63) is 42.0 Å². The molecule has 130 valence electrons. The lowest BCUT2D eigenvalue weighted by Crippen LogP contribution is -2.37. The molecule has 1 aliphatic rings. The van der Waals surface area contributed by atoms with Crippen molar-refractivity contribution < 1.29 is 22.7 Å². The Morgan fingerprint density at radius 3 is 2.67 bits per heavy atom. The zero-order valence-electron chi connectivity index (χ0n) is 13.8. The van der Waals surface area contributed by atoms with Crippen molar-refractivity contribution >= 4 is 27.6 Å². The molecule has 0 aromatic heterocycles. The second kappa shape index (κ2) is 7.61. The molecule has 0 bridgehead atoms. The molecule has 1 amide bonds. The van der Waals surface area contributed by atoms with Gasteiger partial charge in [-0.2, -0.15) is 0 Å². The van der Waals surface area contributed by atoms with Crippen LogP contribution in [0.15, 0.2) is 36.4 Å². The Kier molecular flexibility index (Phi) is 5.77. The first-order valence-corrected chi connectivity index (χ1v) is 9.64. The number of esters is 1. The van der Waals surface area contributed by atoms with Crippen LogP contribution in [-0.2, 0) is 19.6 Å². The number of ether oxygens (including phenoxy) is 1. The van der Waals surface area contributed by atoms with Crippen molar-refractivity contribution in [1.82, 2.24) is 0 Å². The molecule has 1 aromatic carbocycles. The quantitative estimate of drug-likeness (QED) is 0.581. The van der Waals surface area contributed by atoms with E-state index in [4.69, 9.17) is 4.74 Å². The predicted octanol–water partition coefficient (Wildman–Crippen LogP) is 2.51. The Morgan fingerprint density at radius 2 is 2.08 bits per heavy atom. The van der Waals surface area contributed by atoms with E-state index in [9.17, 15) is 18.0 Å². The van der Waals surface area contributed by atoms with Gasteiger partial charge in [0.25, 0.3) is 0 Å². The van der Waals surface area contributed by atoms with E-state index in [1.807, 2.05) is 12.2 Å². The minimum Gasteiger partial charge on any atom is -0.462 e.